The molecule has 2 aromatic heterocycles. The summed E-state index contributed by atoms with van der Waals surface area (Å²) in [6, 6.07) is 11.2. The van der Waals surface area contributed by atoms with Crippen molar-refractivity contribution in [3.8, 4) is 11.5 Å². The van der Waals surface area contributed by atoms with Crippen molar-refractivity contribution in [2.45, 2.75) is 19.8 Å². The van der Waals surface area contributed by atoms with E-state index < -0.39 is 5.63 Å². The number of amides is 1. The normalized spacial score (nSPS) is 11.1. The summed E-state index contributed by atoms with van der Waals surface area (Å²) in [5, 5.41) is 4.78. The molecule has 0 saturated heterocycles. The standard InChI is InChI=1S/C24H24N2O5/c1-14-18-6-4-17(30-3)11-22(18)31-24(28)20(14)12-23(27)25-9-8-15-13-26-21-10-16(29-2)5-7-19(15)21/h4-7,10-11,13,26H,8-9,12H2,1-3H3,(H,25,27). The van der Waals surface area contributed by atoms with Crippen LogP contribution in [0, 0.1) is 6.92 Å². The highest BCUT2D eigenvalue weighted by molar-refractivity contribution is 5.86. The molecule has 0 aliphatic heterocycles. The zero-order valence-electron chi connectivity index (χ0n) is 17.7. The van der Waals surface area contributed by atoms with E-state index in [1.54, 1.807) is 26.4 Å². The van der Waals surface area contributed by atoms with Crippen molar-refractivity contribution in [3.05, 3.63) is 69.7 Å². The smallest absolute Gasteiger partial charge is 0.340 e. The van der Waals surface area contributed by atoms with Gasteiger partial charge >= 0.3 is 5.63 Å². The quantitative estimate of drug-likeness (QED) is 0.447. The molecule has 7 heteroatoms. The molecule has 0 unspecified atom stereocenters. The van der Waals surface area contributed by atoms with Crippen LogP contribution in [-0.2, 0) is 17.6 Å². The first-order chi connectivity index (χ1) is 15.0. The molecule has 2 N–H and O–H groups in total. The van der Waals surface area contributed by atoms with Gasteiger partial charge in [0.05, 0.1) is 26.2 Å². The van der Waals surface area contributed by atoms with Crippen LogP contribution in [0.5, 0.6) is 11.5 Å². The van der Waals surface area contributed by atoms with Gasteiger partial charge in [-0.1, -0.05) is 0 Å². The first kappa shape index (κ1) is 20.5. The van der Waals surface area contributed by atoms with Gasteiger partial charge in [0.1, 0.15) is 17.1 Å². The molecule has 0 aliphatic carbocycles. The van der Waals surface area contributed by atoms with Gasteiger partial charge in [-0.05, 0) is 48.7 Å². The molecule has 4 rings (SSSR count). The van der Waals surface area contributed by atoms with Gasteiger partial charge in [0, 0.05) is 41.2 Å². The monoisotopic (exact) mass is 420 g/mol. The molecule has 0 atom stereocenters. The molecule has 1 amide bonds. The van der Waals surface area contributed by atoms with E-state index in [1.807, 2.05) is 37.4 Å². The van der Waals surface area contributed by atoms with Crippen LogP contribution in [0.1, 0.15) is 16.7 Å². The maximum Gasteiger partial charge on any atom is 0.340 e. The van der Waals surface area contributed by atoms with Crippen molar-refractivity contribution in [3.63, 3.8) is 0 Å². The summed E-state index contributed by atoms with van der Waals surface area (Å²) in [5.74, 6) is 1.18. The predicted molar refractivity (Wildman–Crippen MR) is 119 cm³/mol. The summed E-state index contributed by atoms with van der Waals surface area (Å²) in [6.45, 7) is 2.29. The van der Waals surface area contributed by atoms with E-state index >= 15 is 0 Å². The highest BCUT2D eigenvalue weighted by Crippen LogP contribution is 2.25. The van der Waals surface area contributed by atoms with Crippen molar-refractivity contribution < 1.29 is 18.7 Å². The largest absolute Gasteiger partial charge is 0.497 e. The number of fused-ring (bicyclic) bond motifs is 2. The Morgan fingerprint density at radius 3 is 2.52 bits per heavy atom. The van der Waals surface area contributed by atoms with E-state index in [0.717, 1.165) is 33.2 Å². The zero-order valence-corrected chi connectivity index (χ0v) is 17.7. The minimum Gasteiger partial charge on any atom is -0.497 e. The third-order valence-corrected chi connectivity index (χ3v) is 5.52. The van der Waals surface area contributed by atoms with Crippen LogP contribution in [0.4, 0.5) is 0 Å². The Bertz CT molecular complexity index is 1320. The van der Waals surface area contributed by atoms with E-state index in [0.29, 0.717) is 29.9 Å². The average molecular weight is 420 g/mol. The lowest BCUT2D eigenvalue weighted by atomic mass is 10.0. The summed E-state index contributed by atoms with van der Waals surface area (Å²) < 4.78 is 15.8. The Morgan fingerprint density at radius 2 is 1.77 bits per heavy atom. The van der Waals surface area contributed by atoms with Crippen molar-refractivity contribution in [1.82, 2.24) is 10.3 Å². The second kappa shape index (κ2) is 8.55. The summed E-state index contributed by atoms with van der Waals surface area (Å²) >= 11 is 0. The van der Waals surface area contributed by atoms with Crippen LogP contribution in [0.2, 0.25) is 0 Å². The molecule has 2 aromatic carbocycles. The lowest BCUT2D eigenvalue weighted by Crippen LogP contribution is -2.29. The van der Waals surface area contributed by atoms with Crippen LogP contribution >= 0.6 is 0 Å². The SMILES string of the molecule is COc1ccc2c(CCNC(=O)Cc3c(C)c4ccc(OC)cc4oc3=O)c[nH]c2c1. The molecule has 2 heterocycles. The lowest BCUT2D eigenvalue weighted by molar-refractivity contribution is -0.120. The second-order valence-corrected chi connectivity index (χ2v) is 7.36. The lowest BCUT2D eigenvalue weighted by Gasteiger charge is -2.09. The fraction of sp³-hybridized carbons (Fsp3) is 0.250. The molecule has 0 aliphatic rings. The highest BCUT2D eigenvalue weighted by atomic mass is 16.5. The van der Waals surface area contributed by atoms with Crippen LogP contribution < -0.4 is 20.4 Å². The minimum atomic E-state index is -0.501. The Morgan fingerprint density at radius 1 is 1.06 bits per heavy atom. The third-order valence-electron chi connectivity index (χ3n) is 5.52. The second-order valence-electron chi connectivity index (χ2n) is 7.36. The number of carbonyl (C=O) groups is 1. The number of methoxy groups -OCH3 is 2. The summed E-state index contributed by atoms with van der Waals surface area (Å²) in [5.41, 5.74) is 3.15. The van der Waals surface area contributed by atoms with Crippen molar-refractivity contribution in [2.24, 2.45) is 0 Å². The fourth-order valence-corrected chi connectivity index (χ4v) is 3.76. The number of aromatic amines is 1. The van der Waals surface area contributed by atoms with E-state index in [1.165, 1.54) is 0 Å². The molecule has 0 bridgehead atoms. The Kier molecular flexibility index (Phi) is 5.66. The van der Waals surface area contributed by atoms with E-state index in [9.17, 15) is 9.59 Å². The predicted octanol–water partition coefficient (Wildman–Crippen LogP) is 3.50. The number of ether oxygens (including phenoxy) is 2. The third kappa shape index (κ3) is 4.12. The number of nitrogens with one attached hydrogen (secondary N) is 2. The van der Waals surface area contributed by atoms with Gasteiger partial charge < -0.3 is 24.2 Å². The average Bonchev–Trinajstić information content (AvgIpc) is 3.18. The summed E-state index contributed by atoms with van der Waals surface area (Å²) in [6.07, 6.45) is 2.58. The zero-order chi connectivity index (χ0) is 22.0. The Balaban J connectivity index is 1.43. The molecule has 0 fully saturated rings. The fourth-order valence-electron chi connectivity index (χ4n) is 3.76. The van der Waals surface area contributed by atoms with Gasteiger partial charge in [0.15, 0.2) is 0 Å². The van der Waals surface area contributed by atoms with Gasteiger partial charge in [-0.2, -0.15) is 0 Å². The Labute approximate surface area is 179 Å². The molecule has 31 heavy (non-hydrogen) atoms. The number of H-pyrrole nitrogens is 1. The van der Waals surface area contributed by atoms with Gasteiger partial charge in [-0.15, -0.1) is 0 Å². The molecule has 4 aromatic rings. The van der Waals surface area contributed by atoms with Crippen molar-refractivity contribution in [1.29, 1.82) is 0 Å². The molecule has 0 spiro atoms. The topological polar surface area (TPSA) is 93.6 Å². The van der Waals surface area contributed by atoms with Crippen LogP contribution in [0.3, 0.4) is 0 Å². The molecule has 0 radical (unpaired) electrons. The molecule has 7 nitrogen and oxygen atoms in total. The van der Waals surface area contributed by atoms with Crippen molar-refractivity contribution in [2.75, 3.05) is 20.8 Å². The maximum atomic E-state index is 12.5. The van der Waals surface area contributed by atoms with E-state index in [-0.39, 0.29) is 12.3 Å². The van der Waals surface area contributed by atoms with Gasteiger partial charge in [0.25, 0.3) is 0 Å². The number of rotatable bonds is 7. The molecule has 160 valence electrons. The van der Waals surface area contributed by atoms with Gasteiger partial charge in [0.2, 0.25) is 5.91 Å². The summed E-state index contributed by atoms with van der Waals surface area (Å²) in [7, 11) is 3.19. The van der Waals surface area contributed by atoms with E-state index in [4.69, 9.17) is 13.9 Å². The number of hydrogen-bond donors (Lipinski definition) is 2. The van der Waals surface area contributed by atoms with Crippen LogP contribution in [-0.4, -0.2) is 31.7 Å². The van der Waals surface area contributed by atoms with Crippen LogP contribution in [0.15, 0.2) is 51.8 Å². The van der Waals surface area contributed by atoms with Crippen LogP contribution in [0.25, 0.3) is 21.9 Å². The van der Waals surface area contributed by atoms with Gasteiger partial charge in [-0.3, -0.25) is 4.79 Å². The maximum absolute atomic E-state index is 12.5. The highest BCUT2D eigenvalue weighted by Gasteiger charge is 2.15. The number of aryl methyl sites for hydroxylation is 1. The number of benzene rings is 2. The van der Waals surface area contributed by atoms with Gasteiger partial charge in [-0.25, -0.2) is 4.79 Å². The first-order valence-electron chi connectivity index (χ1n) is 10.0. The number of carbonyl (C=O) groups excluding carboxylic acids is 1. The molecular formula is C24H24N2O5. The van der Waals surface area contributed by atoms with E-state index in [2.05, 4.69) is 10.3 Å². The van der Waals surface area contributed by atoms with Crippen molar-refractivity contribution >= 4 is 27.8 Å². The number of hydrogen-bond acceptors (Lipinski definition) is 5. The first-order valence-corrected chi connectivity index (χ1v) is 10.0. The number of aromatic nitrogens is 1. The summed E-state index contributed by atoms with van der Waals surface area (Å²) in [4.78, 5) is 28.2. The minimum absolute atomic E-state index is 0.0266. The molecule has 0 saturated carbocycles. The Hall–Kier alpha value is -3.74. The molecular weight excluding hydrogens is 396 g/mol.